The highest BCUT2D eigenvalue weighted by Gasteiger charge is 2.48. The zero-order valence-corrected chi connectivity index (χ0v) is 21.5. The van der Waals surface area contributed by atoms with Gasteiger partial charge in [-0.1, -0.05) is 17.7 Å². The molecule has 0 atom stereocenters. The first-order chi connectivity index (χ1) is 17.3. The van der Waals surface area contributed by atoms with E-state index in [0.29, 0.717) is 54.6 Å². The number of benzene rings is 2. The number of nitrogens with zero attached hydrogens (tertiary/aromatic N) is 3. The molecule has 4 saturated carbocycles. The van der Waals surface area contributed by atoms with Crippen LogP contribution in [0.5, 0.6) is 0 Å². The highest BCUT2D eigenvalue weighted by molar-refractivity contribution is 7.89. The second-order valence-electron chi connectivity index (χ2n) is 11.3. The predicted octanol–water partition coefficient (Wildman–Crippen LogP) is 4.65. The number of rotatable bonds is 6. The van der Waals surface area contributed by atoms with E-state index in [-0.39, 0.29) is 10.6 Å². The van der Waals surface area contributed by atoms with Gasteiger partial charge in [0, 0.05) is 44.0 Å². The van der Waals surface area contributed by atoms with Crippen molar-refractivity contribution in [1.29, 1.82) is 0 Å². The molecule has 5 fully saturated rings. The zero-order valence-electron chi connectivity index (χ0n) is 20.7. The monoisotopic (exact) mass is 510 g/mol. The molecule has 0 radical (unpaired) electrons. The minimum atomic E-state index is -3.53. The highest BCUT2D eigenvalue weighted by atomic mass is 32.2. The number of nitro benzene ring substituents is 1. The summed E-state index contributed by atoms with van der Waals surface area (Å²) in [6, 6.07) is 12.6. The lowest BCUT2D eigenvalue weighted by Gasteiger charge is -2.54. The lowest BCUT2D eigenvalue weighted by molar-refractivity contribution is -0.384. The van der Waals surface area contributed by atoms with Crippen molar-refractivity contribution in [1.82, 2.24) is 4.31 Å². The van der Waals surface area contributed by atoms with E-state index in [9.17, 15) is 18.5 Å². The lowest BCUT2D eigenvalue weighted by Crippen LogP contribution is -2.51. The Hall–Kier alpha value is -2.65. The van der Waals surface area contributed by atoms with Crippen molar-refractivity contribution >= 4 is 27.1 Å². The molecule has 1 saturated heterocycles. The highest BCUT2D eigenvalue weighted by Crippen LogP contribution is 2.54. The second kappa shape index (κ2) is 9.03. The fourth-order valence-electron chi connectivity index (χ4n) is 7.38. The molecule has 192 valence electrons. The molecule has 0 amide bonds. The van der Waals surface area contributed by atoms with E-state index in [2.05, 4.69) is 10.2 Å². The number of nitrogens with one attached hydrogen (secondary N) is 1. The number of hydrogen-bond donors (Lipinski definition) is 1. The molecule has 5 aliphatic rings. The van der Waals surface area contributed by atoms with Crippen LogP contribution in [0, 0.1) is 40.7 Å². The minimum Gasteiger partial charge on any atom is -0.376 e. The molecule has 4 bridgehead atoms. The van der Waals surface area contributed by atoms with Gasteiger partial charge in [-0.3, -0.25) is 10.1 Å². The van der Waals surface area contributed by atoms with Crippen molar-refractivity contribution in [2.75, 3.05) is 36.4 Å². The Labute approximate surface area is 212 Å². The maximum absolute atomic E-state index is 13.1. The minimum absolute atomic E-state index is 0.119. The average Bonchev–Trinajstić information content (AvgIpc) is 2.86. The topological polar surface area (TPSA) is 95.8 Å². The molecular formula is C27H34N4O4S. The molecule has 0 aromatic heterocycles. The van der Waals surface area contributed by atoms with Crippen molar-refractivity contribution in [3.05, 3.63) is 58.1 Å². The van der Waals surface area contributed by atoms with Gasteiger partial charge in [-0.2, -0.15) is 4.31 Å². The van der Waals surface area contributed by atoms with Gasteiger partial charge in [-0.05, 0) is 87.0 Å². The Morgan fingerprint density at radius 1 is 0.889 bits per heavy atom. The molecule has 1 aliphatic heterocycles. The van der Waals surface area contributed by atoms with Gasteiger partial charge in [0.1, 0.15) is 5.69 Å². The second-order valence-corrected chi connectivity index (χ2v) is 13.2. The van der Waals surface area contributed by atoms with Crippen LogP contribution in [0.2, 0.25) is 0 Å². The molecule has 4 aliphatic carbocycles. The fraction of sp³-hybridized carbons (Fsp3) is 0.556. The first kappa shape index (κ1) is 23.7. The zero-order chi connectivity index (χ0) is 25.0. The maximum Gasteiger partial charge on any atom is 0.292 e. The lowest BCUT2D eigenvalue weighted by atomic mass is 9.54. The van der Waals surface area contributed by atoms with E-state index in [0.717, 1.165) is 23.1 Å². The Kier molecular flexibility index (Phi) is 5.95. The van der Waals surface area contributed by atoms with Gasteiger partial charge >= 0.3 is 0 Å². The van der Waals surface area contributed by atoms with Gasteiger partial charge in [-0.15, -0.1) is 0 Å². The van der Waals surface area contributed by atoms with Crippen LogP contribution in [0.4, 0.5) is 17.1 Å². The Morgan fingerprint density at radius 2 is 1.50 bits per heavy atom. The van der Waals surface area contributed by atoms with Crippen LogP contribution in [0.3, 0.4) is 0 Å². The number of hydrogen-bond acceptors (Lipinski definition) is 6. The summed E-state index contributed by atoms with van der Waals surface area (Å²) in [5, 5.41) is 15.5. The summed E-state index contributed by atoms with van der Waals surface area (Å²) in [6.07, 6.45) is 6.36. The molecule has 36 heavy (non-hydrogen) atoms. The summed E-state index contributed by atoms with van der Waals surface area (Å²) in [6.45, 7) is 3.78. The Morgan fingerprint density at radius 3 is 2.08 bits per heavy atom. The Bertz CT molecular complexity index is 1230. The van der Waals surface area contributed by atoms with Crippen molar-refractivity contribution in [3.63, 3.8) is 0 Å². The van der Waals surface area contributed by atoms with E-state index < -0.39 is 10.0 Å². The molecule has 9 heteroatoms. The smallest absolute Gasteiger partial charge is 0.292 e. The molecule has 2 aromatic rings. The molecule has 8 nitrogen and oxygen atoms in total. The van der Waals surface area contributed by atoms with Crippen LogP contribution in [-0.4, -0.2) is 49.9 Å². The average molecular weight is 511 g/mol. The van der Waals surface area contributed by atoms with Gasteiger partial charge in [-0.25, -0.2) is 8.42 Å². The van der Waals surface area contributed by atoms with E-state index in [1.54, 1.807) is 24.3 Å². The van der Waals surface area contributed by atoms with Crippen LogP contribution in [0.1, 0.15) is 37.7 Å². The summed E-state index contributed by atoms with van der Waals surface area (Å²) in [5.74, 6) is 2.92. The SMILES string of the molecule is Cc1ccc(S(=O)(=O)N2CCN(c3ccc([N+](=O)[O-])c(NC4C5CC6CC(C5)CC4C6)c3)CC2)cc1. The number of anilines is 2. The van der Waals surface area contributed by atoms with Gasteiger partial charge in [0.05, 0.1) is 9.82 Å². The van der Waals surface area contributed by atoms with E-state index in [4.69, 9.17) is 0 Å². The van der Waals surface area contributed by atoms with Crippen molar-refractivity contribution in [2.24, 2.45) is 23.7 Å². The van der Waals surface area contributed by atoms with Crippen LogP contribution >= 0.6 is 0 Å². The summed E-state index contributed by atoms with van der Waals surface area (Å²) in [4.78, 5) is 14.0. The van der Waals surface area contributed by atoms with Gasteiger partial charge in [0.15, 0.2) is 0 Å². The molecule has 1 N–H and O–H groups in total. The number of nitro groups is 1. The van der Waals surface area contributed by atoms with Crippen LogP contribution < -0.4 is 10.2 Å². The largest absolute Gasteiger partial charge is 0.376 e. The third kappa shape index (κ3) is 4.26. The number of aryl methyl sites for hydroxylation is 1. The maximum atomic E-state index is 13.1. The molecule has 7 rings (SSSR count). The van der Waals surface area contributed by atoms with Crippen LogP contribution in [0.15, 0.2) is 47.4 Å². The van der Waals surface area contributed by atoms with Crippen LogP contribution in [0.25, 0.3) is 0 Å². The van der Waals surface area contributed by atoms with E-state index in [1.807, 2.05) is 25.1 Å². The molecule has 0 spiro atoms. The first-order valence-corrected chi connectivity index (χ1v) is 14.6. The standard InChI is InChI=1S/C27H34N4O4S/c1-18-2-5-24(6-3-18)36(34,35)30-10-8-29(9-11-30)23-4-7-26(31(32)33)25(17-23)28-27-21-13-19-12-20(15-21)16-22(27)14-19/h2-7,17,19-22,27-28H,8-16H2,1H3. The van der Waals surface area contributed by atoms with Crippen molar-refractivity contribution < 1.29 is 13.3 Å². The molecule has 1 heterocycles. The third-order valence-electron chi connectivity index (χ3n) is 8.99. The number of piperazine rings is 1. The fourth-order valence-corrected chi connectivity index (χ4v) is 8.80. The summed E-state index contributed by atoms with van der Waals surface area (Å²) >= 11 is 0. The molecule has 2 aromatic carbocycles. The summed E-state index contributed by atoms with van der Waals surface area (Å²) in [5.41, 5.74) is 2.65. The van der Waals surface area contributed by atoms with Crippen molar-refractivity contribution in [2.45, 2.75) is 50.0 Å². The van der Waals surface area contributed by atoms with Gasteiger partial charge in [0.25, 0.3) is 5.69 Å². The normalized spacial score (nSPS) is 29.9. The molecular weight excluding hydrogens is 476 g/mol. The van der Waals surface area contributed by atoms with Gasteiger partial charge < -0.3 is 10.2 Å². The third-order valence-corrected chi connectivity index (χ3v) is 10.9. The van der Waals surface area contributed by atoms with Gasteiger partial charge in [0.2, 0.25) is 10.0 Å². The summed E-state index contributed by atoms with van der Waals surface area (Å²) in [7, 11) is -3.53. The Balaban J connectivity index is 1.18. The predicted molar refractivity (Wildman–Crippen MR) is 140 cm³/mol. The van der Waals surface area contributed by atoms with E-state index in [1.165, 1.54) is 36.4 Å². The first-order valence-electron chi connectivity index (χ1n) is 13.1. The quantitative estimate of drug-likeness (QED) is 0.449. The summed E-state index contributed by atoms with van der Waals surface area (Å²) < 4.78 is 27.7. The number of sulfonamides is 1. The van der Waals surface area contributed by atoms with Crippen LogP contribution in [-0.2, 0) is 10.0 Å². The van der Waals surface area contributed by atoms with E-state index >= 15 is 0 Å². The van der Waals surface area contributed by atoms with Crippen molar-refractivity contribution in [3.8, 4) is 0 Å². The molecule has 0 unspecified atom stereocenters.